The van der Waals surface area contributed by atoms with Crippen molar-refractivity contribution >= 4 is 11.3 Å². The Labute approximate surface area is 105 Å². The summed E-state index contributed by atoms with van der Waals surface area (Å²) >= 11 is 1.68. The molecule has 3 rings (SSSR count). The molecule has 0 bridgehead atoms. The fourth-order valence-electron chi connectivity index (χ4n) is 2.42. The monoisotopic (exact) mass is 245 g/mol. The molecule has 3 N–H and O–H groups in total. The number of benzene rings is 1. The molecule has 2 unspecified atom stereocenters. The molecule has 1 aliphatic carbocycles. The second-order valence-corrected chi connectivity index (χ2v) is 5.31. The van der Waals surface area contributed by atoms with E-state index < -0.39 is 0 Å². The van der Waals surface area contributed by atoms with E-state index in [0.717, 1.165) is 18.0 Å². The van der Waals surface area contributed by atoms with Gasteiger partial charge < -0.3 is 11.1 Å². The lowest BCUT2D eigenvalue weighted by Gasteiger charge is -2.12. The number of nitrogens with zero attached hydrogens (tertiary/aromatic N) is 1. The summed E-state index contributed by atoms with van der Waals surface area (Å²) in [4.78, 5) is 4.28. The molecule has 0 saturated heterocycles. The Morgan fingerprint density at radius 3 is 2.94 bits per heavy atom. The summed E-state index contributed by atoms with van der Waals surface area (Å²) < 4.78 is 0. The van der Waals surface area contributed by atoms with E-state index in [1.807, 2.05) is 11.6 Å². The van der Waals surface area contributed by atoms with Gasteiger partial charge in [0, 0.05) is 30.2 Å². The summed E-state index contributed by atoms with van der Waals surface area (Å²) in [6.07, 6.45) is 2.82. The SMILES string of the molecule is NC1CC(NCc2nccs2)c2ccccc21. The summed E-state index contributed by atoms with van der Waals surface area (Å²) in [5, 5.41) is 6.67. The van der Waals surface area contributed by atoms with Gasteiger partial charge in [-0.25, -0.2) is 4.98 Å². The third-order valence-electron chi connectivity index (χ3n) is 3.24. The Kier molecular flexibility index (Phi) is 2.93. The number of rotatable bonds is 3. The average molecular weight is 245 g/mol. The maximum Gasteiger partial charge on any atom is 0.106 e. The highest BCUT2D eigenvalue weighted by atomic mass is 32.1. The Hall–Kier alpha value is -1.23. The van der Waals surface area contributed by atoms with Gasteiger partial charge in [0.25, 0.3) is 0 Å². The highest BCUT2D eigenvalue weighted by Crippen LogP contribution is 2.37. The van der Waals surface area contributed by atoms with Crippen LogP contribution in [0.4, 0.5) is 0 Å². The van der Waals surface area contributed by atoms with Gasteiger partial charge in [0.15, 0.2) is 0 Å². The van der Waals surface area contributed by atoms with Crippen LogP contribution in [0.15, 0.2) is 35.8 Å². The van der Waals surface area contributed by atoms with Crippen molar-refractivity contribution in [3.8, 4) is 0 Å². The lowest BCUT2D eigenvalue weighted by Crippen LogP contribution is -2.19. The fraction of sp³-hybridized carbons (Fsp3) is 0.308. The van der Waals surface area contributed by atoms with Gasteiger partial charge in [0.05, 0.1) is 0 Å². The number of thiazole rings is 1. The molecule has 0 radical (unpaired) electrons. The zero-order chi connectivity index (χ0) is 11.7. The molecule has 1 aromatic heterocycles. The first-order valence-electron chi connectivity index (χ1n) is 5.81. The van der Waals surface area contributed by atoms with Crippen molar-refractivity contribution in [1.82, 2.24) is 10.3 Å². The smallest absolute Gasteiger partial charge is 0.106 e. The van der Waals surface area contributed by atoms with Gasteiger partial charge in [0.1, 0.15) is 5.01 Å². The Morgan fingerprint density at radius 1 is 1.35 bits per heavy atom. The van der Waals surface area contributed by atoms with E-state index in [9.17, 15) is 0 Å². The maximum atomic E-state index is 6.13. The van der Waals surface area contributed by atoms with Crippen molar-refractivity contribution in [2.45, 2.75) is 25.0 Å². The maximum absolute atomic E-state index is 6.13. The molecule has 0 amide bonds. The molecule has 0 saturated carbocycles. The van der Waals surface area contributed by atoms with E-state index in [0.29, 0.717) is 6.04 Å². The van der Waals surface area contributed by atoms with E-state index in [4.69, 9.17) is 5.73 Å². The molecule has 1 aliphatic rings. The molecular weight excluding hydrogens is 230 g/mol. The Bertz CT molecular complexity index is 495. The average Bonchev–Trinajstić information content (AvgIpc) is 2.96. The topological polar surface area (TPSA) is 50.9 Å². The van der Waals surface area contributed by atoms with Crippen molar-refractivity contribution in [2.24, 2.45) is 5.73 Å². The molecule has 1 aromatic carbocycles. The lowest BCUT2D eigenvalue weighted by atomic mass is 10.1. The predicted octanol–water partition coefficient (Wildman–Crippen LogP) is 2.38. The predicted molar refractivity (Wildman–Crippen MR) is 69.7 cm³/mol. The summed E-state index contributed by atoms with van der Waals surface area (Å²) in [5.74, 6) is 0. The molecule has 3 nitrogen and oxygen atoms in total. The van der Waals surface area contributed by atoms with Crippen LogP contribution in [0.25, 0.3) is 0 Å². The molecule has 2 atom stereocenters. The quantitative estimate of drug-likeness (QED) is 0.873. The van der Waals surface area contributed by atoms with Gasteiger partial charge in [-0.1, -0.05) is 24.3 Å². The van der Waals surface area contributed by atoms with Crippen LogP contribution in [-0.2, 0) is 6.54 Å². The first-order chi connectivity index (χ1) is 8.34. The van der Waals surface area contributed by atoms with Crippen LogP contribution < -0.4 is 11.1 Å². The fourth-order valence-corrected chi connectivity index (χ4v) is 2.99. The molecule has 2 aromatic rings. The second-order valence-electron chi connectivity index (χ2n) is 4.33. The van der Waals surface area contributed by atoms with E-state index in [2.05, 4.69) is 34.6 Å². The van der Waals surface area contributed by atoms with Crippen LogP contribution in [0, 0.1) is 0 Å². The van der Waals surface area contributed by atoms with E-state index in [1.54, 1.807) is 11.3 Å². The summed E-state index contributed by atoms with van der Waals surface area (Å²) in [5.41, 5.74) is 8.76. The van der Waals surface area contributed by atoms with Crippen molar-refractivity contribution in [3.63, 3.8) is 0 Å². The Balaban J connectivity index is 1.73. The van der Waals surface area contributed by atoms with Crippen molar-refractivity contribution < 1.29 is 0 Å². The molecule has 4 heteroatoms. The molecule has 1 heterocycles. The van der Waals surface area contributed by atoms with Gasteiger partial charge >= 0.3 is 0 Å². The van der Waals surface area contributed by atoms with Gasteiger partial charge in [-0.15, -0.1) is 11.3 Å². The van der Waals surface area contributed by atoms with Crippen LogP contribution in [0.1, 0.15) is 34.6 Å². The van der Waals surface area contributed by atoms with Crippen LogP contribution in [0.2, 0.25) is 0 Å². The van der Waals surface area contributed by atoms with Crippen molar-refractivity contribution in [2.75, 3.05) is 0 Å². The van der Waals surface area contributed by atoms with Crippen LogP contribution in [0.3, 0.4) is 0 Å². The number of aromatic nitrogens is 1. The molecule has 0 aliphatic heterocycles. The molecule has 88 valence electrons. The van der Waals surface area contributed by atoms with Crippen molar-refractivity contribution in [1.29, 1.82) is 0 Å². The second kappa shape index (κ2) is 4.56. The van der Waals surface area contributed by atoms with Gasteiger partial charge in [-0.3, -0.25) is 0 Å². The highest BCUT2D eigenvalue weighted by Gasteiger charge is 2.27. The first-order valence-corrected chi connectivity index (χ1v) is 6.68. The number of nitrogens with one attached hydrogen (secondary N) is 1. The standard InChI is InChI=1S/C13H15N3S/c14-11-7-12(10-4-2-1-3-9(10)11)16-8-13-15-5-6-17-13/h1-6,11-12,16H,7-8,14H2. The highest BCUT2D eigenvalue weighted by molar-refractivity contribution is 7.09. The summed E-state index contributed by atoms with van der Waals surface area (Å²) in [7, 11) is 0. The first kappa shape index (κ1) is 10.9. The number of fused-ring (bicyclic) bond motifs is 1. The number of nitrogens with two attached hydrogens (primary N) is 1. The third-order valence-corrected chi connectivity index (χ3v) is 4.02. The number of hydrogen-bond donors (Lipinski definition) is 2. The molecule has 0 spiro atoms. The summed E-state index contributed by atoms with van der Waals surface area (Å²) in [6.45, 7) is 0.823. The minimum Gasteiger partial charge on any atom is -0.324 e. The van der Waals surface area contributed by atoms with Gasteiger partial charge in [-0.2, -0.15) is 0 Å². The van der Waals surface area contributed by atoms with Crippen LogP contribution >= 0.6 is 11.3 Å². The van der Waals surface area contributed by atoms with E-state index in [-0.39, 0.29) is 6.04 Å². The van der Waals surface area contributed by atoms with Crippen LogP contribution in [-0.4, -0.2) is 4.98 Å². The van der Waals surface area contributed by atoms with E-state index in [1.165, 1.54) is 11.1 Å². The minimum atomic E-state index is 0.167. The van der Waals surface area contributed by atoms with E-state index >= 15 is 0 Å². The largest absolute Gasteiger partial charge is 0.324 e. The Morgan fingerprint density at radius 2 is 2.18 bits per heavy atom. The van der Waals surface area contributed by atoms with Crippen molar-refractivity contribution in [3.05, 3.63) is 52.0 Å². The zero-order valence-electron chi connectivity index (χ0n) is 9.47. The van der Waals surface area contributed by atoms with Gasteiger partial charge in [-0.05, 0) is 17.5 Å². The van der Waals surface area contributed by atoms with Crippen LogP contribution in [0.5, 0.6) is 0 Å². The normalized spacial score (nSPS) is 22.6. The minimum absolute atomic E-state index is 0.167. The lowest BCUT2D eigenvalue weighted by molar-refractivity contribution is 0.498. The zero-order valence-corrected chi connectivity index (χ0v) is 10.3. The molecule has 17 heavy (non-hydrogen) atoms. The van der Waals surface area contributed by atoms with Gasteiger partial charge in [0.2, 0.25) is 0 Å². The molecular formula is C13H15N3S. The summed E-state index contributed by atoms with van der Waals surface area (Å²) in [6, 6.07) is 8.97. The molecule has 0 fully saturated rings. The number of hydrogen-bond acceptors (Lipinski definition) is 4. The third kappa shape index (κ3) is 2.11.